The van der Waals surface area contributed by atoms with Gasteiger partial charge in [-0.3, -0.25) is 0 Å². The third kappa shape index (κ3) is 19.4. The van der Waals surface area contributed by atoms with E-state index in [1.54, 1.807) is 89.2 Å². The summed E-state index contributed by atoms with van der Waals surface area (Å²) in [5.74, 6) is 2.47. The molecule has 6 aromatic carbocycles. The molecule has 21 nitrogen and oxygen atoms in total. The summed E-state index contributed by atoms with van der Waals surface area (Å²) < 4.78 is 67.8. The summed E-state index contributed by atoms with van der Waals surface area (Å²) >= 11 is 0. The first-order valence-electron chi connectivity index (χ1n) is 32.1. The Morgan fingerprint density at radius 3 is 1.08 bits per heavy atom. The van der Waals surface area contributed by atoms with Crippen molar-refractivity contribution < 1.29 is 103 Å². The minimum atomic E-state index is -1.60. The molecule has 0 saturated carbocycles. The number of hydrogen-bond acceptors (Lipinski definition) is 21. The van der Waals surface area contributed by atoms with Crippen molar-refractivity contribution in [2.45, 2.75) is 194 Å². The summed E-state index contributed by atoms with van der Waals surface area (Å²) in [7, 11) is 5.75. The molecule has 0 amide bonds. The molecule has 10 atom stereocenters. The topological polar surface area (TPSA) is 304 Å². The fourth-order valence-electron chi connectivity index (χ4n) is 11.0. The van der Waals surface area contributed by atoms with Crippen LogP contribution in [0, 0.1) is 27.7 Å². The number of aryl methyl sites for hydroxylation is 4. The van der Waals surface area contributed by atoms with Gasteiger partial charge >= 0.3 is 0 Å². The number of rotatable bonds is 31. The first-order chi connectivity index (χ1) is 44.9. The molecule has 6 rings (SSSR count). The van der Waals surface area contributed by atoms with Crippen LogP contribution in [0.2, 0.25) is 0 Å². The summed E-state index contributed by atoms with van der Waals surface area (Å²) in [5, 5.41) is 113. The van der Waals surface area contributed by atoms with Crippen LogP contribution >= 0.6 is 0 Å². The maximum atomic E-state index is 12.5. The van der Waals surface area contributed by atoms with Crippen LogP contribution in [0.4, 0.5) is 0 Å². The molecule has 10 N–H and O–H groups in total. The van der Waals surface area contributed by atoms with Gasteiger partial charge in [-0.1, -0.05) is 39.0 Å². The van der Waals surface area contributed by atoms with Crippen molar-refractivity contribution in [1.29, 1.82) is 0 Å². The maximum absolute atomic E-state index is 12.5. The lowest BCUT2D eigenvalue weighted by Crippen LogP contribution is -2.34. The molecule has 0 radical (unpaired) electrons. The van der Waals surface area contributed by atoms with Crippen LogP contribution in [-0.4, -0.2) is 160 Å². The number of hydrogen-bond donors (Lipinski definition) is 10. The van der Waals surface area contributed by atoms with Crippen molar-refractivity contribution in [2.75, 3.05) is 61.5 Å². The predicted octanol–water partition coefficient (Wildman–Crippen LogP) is 10.4. The average Bonchev–Trinajstić information content (AvgIpc) is 0.733. The summed E-state index contributed by atoms with van der Waals surface area (Å²) in [6.07, 6.45) is -13.0. The zero-order valence-electron chi connectivity index (χ0n) is 59.4. The second-order valence-electron chi connectivity index (χ2n) is 28.2. The van der Waals surface area contributed by atoms with Crippen molar-refractivity contribution in [1.82, 2.24) is 0 Å². The first-order valence-corrected chi connectivity index (χ1v) is 32.1. The van der Waals surface area contributed by atoms with Crippen LogP contribution in [0.3, 0.4) is 0 Å². The fourth-order valence-corrected chi connectivity index (χ4v) is 11.0. The van der Waals surface area contributed by atoms with E-state index in [0.717, 1.165) is 11.1 Å². The Kier molecular flexibility index (Phi) is 26.4. The summed E-state index contributed by atoms with van der Waals surface area (Å²) in [6.45, 7) is 27.0. The number of ether oxygens (including phenoxy) is 11. The lowest BCUT2D eigenvalue weighted by molar-refractivity contribution is -0.129. The van der Waals surface area contributed by atoms with Gasteiger partial charge in [0.2, 0.25) is 0 Å². The highest BCUT2D eigenvalue weighted by atomic mass is 16.6. The Bertz CT molecular complexity index is 3540. The Morgan fingerprint density at radius 2 is 0.646 bits per heavy atom. The molecule has 21 heteroatoms. The molecular formula is C75H104O21. The van der Waals surface area contributed by atoms with E-state index in [-0.39, 0.29) is 51.0 Å². The minimum Gasteiger partial charge on any atom is -0.493 e. The lowest BCUT2D eigenvalue weighted by atomic mass is 9.86. The third-order valence-corrected chi connectivity index (χ3v) is 15.9. The molecule has 0 bridgehead atoms. The highest BCUT2D eigenvalue weighted by Gasteiger charge is 2.35. The van der Waals surface area contributed by atoms with E-state index in [1.165, 1.54) is 46.6 Å². The van der Waals surface area contributed by atoms with E-state index in [2.05, 4.69) is 20.8 Å². The first kappa shape index (κ1) is 77.9. The lowest BCUT2D eigenvalue weighted by Gasteiger charge is -2.31. The van der Waals surface area contributed by atoms with Crippen molar-refractivity contribution >= 4 is 0 Å². The van der Waals surface area contributed by atoms with Gasteiger partial charge in [0.05, 0.1) is 67.1 Å². The molecule has 0 aromatic heterocycles. The quantitative estimate of drug-likeness (QED) is 0.0193. The predicted molar refractivity (Wildman–Crippen MR) is 365 cm³/mol. The van der Waals surface area contributed by atoms with Crippen LogP contribution in [-0.2, 0) is 10.2 Å². The molecular weight excluding hydrogens is 1240 g/mol. The largest absolute Gasteiger partial charge is 0.493 e. The molecule has 0 spiro atoms. The van der Waals surface area contributed by atoms with E-state index in [1.807, 2.05) is 67.5 Å². The van der Waals surface area contributed by atoms with Crippen LogP contribution in [0.25, 0.3) is 11.1 Å². The molecule has 0 aliphatic heterocycles. The van der Waals surface area contributed by atoms with Gasteiger partial charge in [0, 0.05) is 11.1 Å². The second-order valence-corrected chi connectivity index (χ2v) is 28.2. The van der Waals surface area contributed by atoms with E-state index in [9.17, 15) is 51.1 Å². The summed E-state index contributed by atoms with van der Waals surface area (Å²) in [6, 6.07) is 23.1. The molecule has 0 aliphatic carbocycles. The zero-order valence-corrected chi connectivity index (χ0v) is 59.4. The normalized spacial score (nSPS) is 15.4. The molecule has 0 fully saturated rings. The van der Waals surface area contributed by atoms with E-state index < -0.39 is 111 Å². The number of aliphatic hydroxyl groups excluding tert-OH is 10. The van der Waals surface area contributed by atoms with Crippen LogP contribution in [0.1, 0.15) is 169 Å². The highest BCUT2D eigenvalue weighted by molar-refractivity contribution is 5.81. The standard InChI is InChI=1S/C75H104O21/c1-40-25-44(63(81)60(37-78)92-70-43(4)28-49(72(5,6)7)34-57(70)89-20)21-23-52(40)90-58(35-76)65(83)46-26-41(2)68(95-74(11,12)13)50(29-46)51-30-48(33-56(88-19)71(51)96-75(14,15)16)67(85)61(38-79)93-69-42(3)27-47(32-55(69)87-18)66(84)59(36-77)91-53-24-22-45(31-54(53)86-17)64(82)62(39-80)94-73(8,9)10/h21-34,58-67,76-85H,35-39H2,1-20H3. The molecule has 530 valence electrons. The van der Waals surface area contributed by atoms with Gasteiger partial charge in [-0.05, 0) is 218 Å². The second kappa shape index (κ2) is 32.5. The van der Waals surface area contributed by atoms with Crippen molar-refractivity contribution in [3.8, 4) is 68.6 Å². The Hall–Kier alpha value is -7.12. The van der Waals surface area contributed by atoms with Crippen LogP contribution < -0.4 is 47.4 Å². The number of methoxy groups -OCH3 is 4. The van der Waals surface area contributed by atoms with Crippen LogP contribution in [0.5, 0.6) is 57.5 Å². The van der Waals surface area contributed by atoms with Gasteiger partial charge in [0.15, 0.2) is 70.4 Å². The van der Waals surface area contributed by atoms with Gasteiger partial charge in [-0.15, -0.1) is 0 Å². The van der Waals surface area contributed by atoms with Crippen molar-refractivity contribution in [3.05, 3.63) is 141 Å². The van der Waals surface area contributed by atoms with Gasteiger partial charge in [-0.2, -0.15) is 0 Å². The SMILES string of the molecule is COc1cc(C(O)C(CO)OC(C)(C)C)ccc1OC(CO)C(O)c1cc(C)c(OC(CO)C(O)c2cc(OC)c(OC(C)(C)C)c(-c3cc(C(O)C(CO)Oc4ccc(C(O)C(CO)Oc5c(C)cc(C(C)(C)C)cc5OC)cc4C)cc(C)c3OC(C)(C)C)c2)c(OC)c1. The third-order valence-electron chi connectivity index (χ3n) is 15.9. The maximum Gasteiger partial charge on any atom is 0.169 e. The Morgan fingerprint density at radius 1 is 0.312 bits per heavy atom. The van der Waals surface area contributed by atoms with Gasteiger partial charge in [0.1, 0.15) is 59.3 Å². The minimum absolute atomic E-state index is 0.101. The zero-order chi connectivity index (χ0) is 71.7. The highest BCUT2D eigenvalue weighted by Crippen LogP contribution is 2.50. The van der Waals surface area contributed by atoms with Crippen LogP contribution in [0.15, 0.2) is 84.9 Å². The van der Waals surface area contributed by atoms with Crippen molar-refractivity contribution in [3.63, 3.8) is 0 Å². The summed E-state index contributed by atoms with van der Waals surface area (Å²) in [5.41, 5.74) is 3.13. The van der Waals surface area contributed by atoms with Gasteiger partial charge in [0.25, 0.3) is 0 Å². The van der Waals surface area contributed by atoms with E-state index in [0.29, 0.717) is 67.5 Å². The molecule has 0 aliphatic rings. The monoisotopic (exact) mass is 1340 g/mol. The molecule has 0 saturated heterocycles. The smallest absolute Gasteiger partial charge is 0.169 e. The molecule has 6 aromatic rings. The Balaban J connectivity index is 1.33. The van der Waals surface area contributed by atoms with E-state index >= 15 is 0 Å². The number of benzene rings is 6. The van der Waals surface area contributed by atoms with E-state index in [4.69, 9.17) is 52.1 Å². The summed E-state index contributed by atoms with van der Waals surface area (Å²) in [4.78, 5) is 0. The molecule has 10 unspecified atom stereocenters. The molecule has 0 heterocycles. The number of aliphatic hydroxyl groups is 10. The average molecular weight is 1340 g/mol. The van der Waals surface area contributed by atoms with Crippen molar-refractivity contribution in [2.24, 2.45) is 0 Å². The Labute approximate surface area is 565 Å². The fraction of sp³-hybridized carbons (Fsp3) is 0.520. The molecule has 96 heavy (non-hydrogen) atoms. The van der Waals surface area contributed by atoms with Gasteiger partial charge in [-0.25, -0.2) is 0 Å². The van der Waals surface area contributed by atoms with Gasteiger partial charge < -0.3 is 103 Å².